The Balaban J connectivity index is 1.25. The molecule has 0 radical (unpaired) electrons. The van der Waals surface area contributed by atoms with Gasteiger partial charge in [-0.2, -0.15) is 0 Å². The van der Waals surface area contributed by atoms with Crippen LogP contribution in [0, 0.1) is 0 Å². The number of likely N-dealkylation sites (N-methyl/N-ethyl adjacent to an activating group) is 2. The van der Waals surface area contributed by atoms with Gasteiger partial charge in [-0.05, 0) is 61.4 Å². The summed E-state index contributed by atoms with van der Waals surface area (Å²) in [6, 6.07) is 29.7. The first-order chi connectivity index (χ1) is 29.4. The van der Waals surface area contributed by atoms with Gasteiger partial charge in [-0.15, -0.1) is 0 Å². The van der Waals surface area contributed by atoms with E-state index < -0.39 is 86.3 Å². The predicted molar refractivity (Wildman–Crippen MR) is 237 cm³/mol. The van der Waals surface area contributed by atoms with Crippen LogP contribution in [0.4, 0.5) is 11.4 Å². The van der Waals surface area contributed by atoms with E-state index in [0.29, 0.717) is 11.1 Å². The quantitative estimate of drug-likeness (QED) is 0.249. The average Bonchev–Trinajstić information content (AvgIpc) is 3.95. The maximum atomic E-state index is 15.7. The van der Waals surface area contributed by atoms with Crippen LogP contribution in [0.2, 0.25) is 0 Å². The van der Waals surface area contributed by atoms with Crippen molar-refractivity contribution in [2.24, 2.45) is 0 Å². The molecule has 20 heteroatoms. The molecule has 10 aliphatic heterocycles. The topological polar surface area (TPSA) is 156 Å². The molecule has 4 bridgehead atoms. The zero-order valence-electron chi connectivity index (χ0n) is 33.4. The van der Waals surface area contributed by atoms with Crippen molar-refractivity contribution in [3.8, 4) is 0 Å². The molecule has 4 aromatic carbocycles. The number of sulfonamides is 2. The smallest absolute Gasteiger partial charge is 0.266 e. The highest BCUT2D eigenvalue weighted by atomic mass is 33.1. The van der Waals surface area contributed by atoms with E-state index in [0.717, 1.165) is 0 Å². The van der Waals surface area contributed by atoms with Gasteiger partial charge in [0.15, 0.2) is 19.5 Å². The van der Waals surface area contributed by atoms with Crippen LogP contribution in [-0.2, 0) is 50.1 Å². The second-order valence-electron chi connectivity index (χ2n) is 17.3. The maximum absolute atomic E-state index is 15.7. The van der Waals surface area contributed by atoms with Crippen LogP contribution >= 0.6 is 43.2 Å². The number of carbonyl (C=O) groups is 4. The number of hydrogen-bond acceptors (Lipinski definition) is 12. The third-order valence-corrected chi connectivity index (χ3v) is 25.7. The molecular formula is C42H36N6O8S6. The molecule has 2 spiro atoms. The van der Waals surface area contributed by atoms with Crippen molar-refractivity contribution in [3.63, 3.8) is 0 Å². The van der Waals surface area contributed by atoms with Gasteiger partial charge in [-0.1, -0.05) is 116 Å². The number of amides is 4. The Labute approximate surface area is 373 Å². The van der Waals surface area contributed by atoms with Crippen molar-refractivity contribution in [3.05, 3.63) is 120 Å². The Morgan fingerprint density at radius 2 is 0.823 bits per heavy atom. The molecule has 8 atom stereocenters. The van der Waals surface area contributed by atoms with E-state index in [1.54, 1.807) is 113 Å². The number of para-hydroxylation sites is 2. The first kappa shape index (κ1) is 39.3. The maximum Gasteiger partial charge on any atom is 0.266 e. The van der Waals surface area contributed by atoms with Gasteiger partial charge in [0, 0.05) is 26.9 Å². The molecule has 0 N–H and O–H groups in total. The zero-order valence-corrected chi connectivity index (χ0v) is 38.3. The van der Waals surface area contributed by atoms with Gasteiger partial charge >= 0.3 is 0 Å². The molecular weight excluding hydrogens is 909 g/mol. The fraction of sp³-hybridized carbons (Fsp3) is 0.333. The first-order valence-corrected chi connectivity index (χ1v) is 27.0. The normalized spacial score (nSPS) is 36.3. The minimum atomic E-state index is -4.59. The lowest BCUT2D eigenvalue weighted by molar-refractivity contribution is -0.164. The van der Waals surface area contributed by atoms with Crippen LogP contribution in [0.25, 0.3) is 0 Å². The van der Waals surface area contributed by atoms with Gasteiger partial charge in [-0.3, -0.25) is 29.0 Å². The van der Waals surface area contributed by atoms with Gasteiger partial charge in [0.25, 0.3) is 43.7 Å². The van der Waals surface area contributed by atoms with Crippen molar-refractivity contribution in [1.82, 2.24) is 19.6 Å². The van der Waals surface area contributed by atoms with E-state index in [1.165, 1.54) is 95.7 Å². The fourth-order valence-electron chi connectivity index (χ4n) is 11.8. The average molecular weight is 945 g/mol. The summed E-state index contributed by atoms with van der Waals surface area (Å²) in [6.45, 7) is 3.31. The number of rotatable bonds is 5. The number of nitrogens with zero attached hydrogens (tertiary/aromatic N) is 6. The van der Waals surface area contributed by atoms with Gasteiger partial charge in [-0.25, -0.2) is 25.4 Å². The summed E-state index contributed by atoms with van der Waals surface area (Å²) in [5.74, 6) is -1.77. The predicted octanol–water partition coefficient (Wildman–Crippen LogP) is 4.96. The molecule has 62 heavy (non-hydrogen) atoms. The van der Waals surface area contributed by atoms with Gasteiger partial charge < -0.3 is 9.80 Å². The van der Waals surface area contributed by atoms with Crippen LogP contribution in [-0.4, -0.2) is 106 Å². The molecule has 14 nitrogen and oxygen atoms in total. The van der Waals surface area contributed by atoms with E-state index in [1.807, 2.05) is 0 Å². The molecule has 1 unspecified atom stereocenters. The second kappa shape index (κ2) is 11.9. The first-order valence-electron chi connectivity index (χ1n) is 19.8. The number of benzene rings is 4. The van der Waals surface area contributed by atoms with Crippen molar-refractivity contribution in [2.75, 3.05) is 22.7 Å². The Kier molecular flexibility index (Phi) is 7.51. The van der Waals surface area contributed by atoms with Crippen LogP contribution in [0.15, 0.2) is 119 Å². The molecule has 10 aliphatic rings. The molecule has 4 aromatic rings. The third-order valence-electron chi connectivity index (χ3n) is 14.7. The molecule has 14 rings (SSSR count). The molecule has 0 aliphatic carbocycles. The van der Waals surface area contributed by atoms with E-state index in [-0.39, 0.29) is 34.0 Å². The summed E-state index contributed by atoms with van der Waals surface area (Å²) < 4.78 is 65.2. The van der Waals surface area contributed by atoms with E-state index in [4.69, 9.17) is 0 Å². The van der Waals surface area contributed by atoms with E-state index in [9.17, 15) is 0 Å². The molecule has 10 heterocycles. The Hall–Kier alpha value is -4.34. The SMILES string of the molecule is CN1C(=O)[C@@]23CC4([C@]56C[C@@]78SS[C@](C)(C(=O)N7[C@H]5N(S(=O)(=O)c5ccccc5)c5ccccc56)N(C)C8=O)c5ccccc5N(S(=O)(=O)c5ccccc5)[C@@H]4N2C(=O)[C@@]1(C)SS3. The number of piperazine rings is 2. The van der Waals surface area contributed by atoms with Crippen LogP contribution in [0.5, 0.6) is 0 Å². The Morgan fingerprint density at radius 1 is 0.484 bits per heavy atom. The standard InChI is InChI=1S/C42H36N6O8S6/c1-37-33(49)45-31-39(23-41(45,59-57-37)35(51)43(37)3,27-19-11-13-21-29(27)47(31)61(53,54)25-15-7-5-8-16-25)40-24-42-36(52)44(4)38(2,58-60-42)34(50)46(42)32(40)48(30-22-14-12-20-28(30)40)62(55,56)26-17-9-6-10-18-26/h5-22,31-32H,23-24H2,1-4H3/t31-,32-,37+,38+,39-,40?,41-,42-/m0/s1. The van der Waals surface area contributed by atoms with Crippen LogP contribution in [0.3, 0.4) is 0 Å². The largest absolute Gasteiger partial charge is 0.319 e. The van der Waals surface area contributed by atoms with Gasteiger partial charge in [0.1, 0.15) is 12.3 Å². The van der Waals surface area contributed by atoms with Crippen LogP contribution < -0.4 is 8.61 Å². The van der Waals surface area contributed by atoms with E-state index >= 15 is 36.0 Å². The number of anilines is 2. The highest BCUT2D eigenvalue weighted by Gasteiger charge is 2.89. The minimum Gasteiger partial charge on any atom is -0.319 e. The van der Waals surface area contributed by atoms with E-state index in [2.05, 4.69) is 0 Å². The molecule has 0 saturated carbocycles. The Morgan fingerprint density at radius 3 is 1.19 bits per heavy atom. The highest BCUT2D eigenvalue weighted by Crippen LogP contribution is 2.80. The molecule has 8 fully saturated rings. The highest BCUT2D eigenvalue weighted by molar-refractivity contribution is 8.78. The van der Waals surface area contributed by atoms with Crippen molar-refractivity contribution < 1.29 is 36.0 Å². The third kappa shape index (κ3) is 3.97. The zero-order chi connectivity index (χ0) is 43.4. The summed E-state index contributed by atoms with van der Waals surface area (Å²) in [6.07, 6.45) is -3.31. The minimum absolute atomic E-state index is 0.0556. The van der Waals surface area contributed by atoms with Crippen molar-refractivity contribution in [1.29, 1.82) is 0 Å². The monoisotopic (exact) mass is 944 g/mol. The number of hydrogen-bond donors (Lipinski definition) is 0. The fourth-order valence-corrected chi connectivity index (χ4v) is 22.2. The van der Waals surface area contributed by atoms with Crippen molar-refractivity contribution in [2.45, 2.75) is 79.1 Å². The Bertz CT molecular complexity index is 2800. The van der Waals surface area contributed by atoms with Gasteiger partial charge in [0.2, 0.25) is 0 Å². The molecule has 8 saturated heterocycles. The molecule has 0 aromatic heterocycles. The summed E-state index contributed by atoms with van der Waals surface area (Å²) in [5.41, 5.74) is -1.98. The lowest BCUT2D eigenvalue weighted by Crippen LogP contribution is -2.76. The molecule has 318 valence electrons. The molecule has 4 amide bonds. The second-order valence-corrected chi connectivity index (χ2v) is 26.5. The lowest BCUT2D eigenvalue weighted by atomic mass is 9.54. The van der Waals surface area contributed by atoms with Crippen LogP contribution in [0.1, 0.15) is 37.8 Å². The summed E-state index contributed by atoms with van der Waals surface area (Å²) >= 11 is 0. The number of fused-ring (bicyclic) bond motifs is 11. The summed E-state index contributed by atoms with van der Waals surface area (Å²) in [7, 11) is -1.14. The van der Waals surface area contributed by atoms with Gasteiger partial charge in [0.05, 0.1) is 32.0 Å². The lowest BCUT2D eigenvalue weighted by Gasteiger charge is -2.58. The summed E-state index contributed by atoms with van der Waals surface area (Å²) in [5, 5.41) is 0. The summed E-state index contributed by atoms with van der Waals surface area (Å²) in [4.78, 5) is 61.0. The van der Waals surface area contributed by atoms with Crippen molar-refractivity contribution >= 4 is 98.2 Å². The number of carbonyl (C=O) groups excluding carboxylic acids is 4.